The predicted octanol–water partition coefficient (Wildman–Crippen LogP) is 2.46. The van der Waals surface area contributed by atoms with Gasteiger partial charge in [0.15, 0.2) is 12.2 Å². The van der Waals surface area contributed by atoms with E-state index in [1.807, 2.05) is 12.1 Å². The lowest BCUT2D eigenvalue weighted by Gasteiger charge is -2.40. The van der Waals surface area contributed by atoms with E-state index < -0.39 is 12.0 Å². The quantitative estimate of drug-likeness (QED) is 0.355. The summed E-state index contributed by atoms with van der Waals surface area (Å²) < 4.78 is 37.2. The van der Waals surface area contributed by atoms with E-state index in [-0.39, 0.29) is 50.0 Å². The second kappa shape index (κ2) is 11.8. The molecule has 1 aromatic heterocycles. The molecule has 1 amide bonds. The number of aromatic nitrogens is 1. The molecule has 38 heavy (non-hydrogen) atoms. The largest absolute Gasteiger partial charge is 0.484 e. The van der Waals surface area contributed by atoms with E-state index in [4.69, 9.17) is 20.8 Å². The van der Waals surface area contributed by atoms with Gasteiger partial charge < -0.3 is 24.9 Å². The summed E-state index contributed by atoms with van der Waals surface area (Å²) in [4.78, 5) is 18.7. The number of ether oxygens (including phenoxy) is 1. The molecule has 3 aliphatic rings. The number of fused-ring (bicyclic) bond motifs is 1. The number of rotatable bonds is 10. The predicted molar refractivity (Wildman–Crippen MR) is 136 cm³/mol. The number of carbonyl (C=O) groups excluding carboxylic acids is 1. The Morgan fingerprint density at radius 3 is 3.00 bits per heavy atom. The van der Waals surface area contributed by atoms with Crippen molar-refractivity contribution in [2.24, 2.45) is 5.92 Å². The van der Waals surface area contributed by atoms with Crippen LogP contribution in [0.1, 0.15) is 42.6 Å². The average molecular weight is 554 g/mol. The highest BCUT2D eigenvalue weighted by Gasteiger charge is 2.46. The van der Waals surface area contributed by atoms with Gasteiger partial charge in [0.05, 0.1) is 23.5 Å². The van der Waals surface area contributed by atoms with Crippen molar-refractivity contribution >= 4 is 17.5 Å². The van der Waals surface area contributed by atoms with Crippen molar-refractivity contribution in [3.8, 4) is 5.75 Å². The van der Waals surface area contributed by atoms with Gasteiger partial charge in [-0.05, 0) is 43.0 Å². The van der Waals surface area contributed by atoms with Gasteiger partial charge in [0.25, 0.3) is 5.92 Å². The number of oxazole rings is 1. The van der Waals surface area contributed by atoms with Crippen LogP contribution in [-0.4, -0.2) is 71.3 Å². The third kappa shape index (κ3) is 6.81. The summed E-state index contributed by atoms with van der Waals surface area (Å²) in [7, 11) is 0. The number of halogens is 3. The first-order valence-electron chi connectivity index (χ1n) is 13.1. The number of hydrogen-bond acceptors (Lipinski definition) is 8. The Labute approximate surface area is 225 Å². The van der Waals surface area contributed by atoms with E-state index in [0.717, 1.165) is 24.1 Å². The van der Waals surface area contributed by atoms with Gasteiger partial charge in [-0.2, -0.15) is 0 Å². The van der Waals surface area contributed by atoms with Crippen molar-refractivity contribution in [1.82, 2.24) is 25.8 Å². The molecular formula is C26H34ClF2N5O4. The van der Waals surface area contributed by atoms with Crippen LogP contribution in [0.2, 0.25) is 5.02 Å². The molecule has 4 N–H and O–H groups in total. The minimum atomic E-state index is -2.57. The Morgan fingerprint density at radius 2 is 2.24 bits per heavy atom. The summed E-state index contributed by atoms with van der Waals surface area (Å²) in [6.45, 7) is 2.84. The summed E-state index contributed by atoms with van der Waals surface area (Å²) in [5.41, 5.74) is 2.13. The van der Waals surface area contributed by atoms with Gasteiger partial charge in [-0.3, -0.25) is 15.0 Å². The normalized spacial score (nSPS) is 24.3. The van der Waals surface area contributed by atoms with Crippen LogP contribution in [0.15, 0.2) is 29.1 Å². The van der Waals surface area contributed by atoms with Gasteiger partial charge in [0.2, 0.25) is 5.91 Å². The fourth-order valence-electron chi connectivity index (χ4n) is 5.45. The number of benzene rings is 1. The molecule has 2 fully saturated rings. The van der Waals surface area contributed by atoms with Crippen LogP contribution in [0.25, 0.3) is 0 Å². The van der Waals surface area contributed by atoms with Crippen LogP contribution in [0, 0.1) is 5.92 Å². The number of carbonyl (C=O) groups is 1. The standard InChI is InChI=1S/C26H34ClF2N5O4/c27-24-21-4-6-34(12-17(21)1-2-22(24)37-14-20-11-30-15-38-20)13-19(35)10-32-25(36)16-3-5-31-23(7-16)33-18-8-26(28,29)9-18/h1-2,11,15-16,18-19,23,31,33,35H,3-10,12-14H2,(H,32,36)/t16?,19-,23?/m0/s1. The van der Waals surface area contributed by atoms with Gasteiger partial charge in [-0.15, -0.1) is 0 Å². The van der Waals surface area contributed by atoms with Gasteiger partial charge in [-0.25, -0.2) is 13.8 Å². The highest BCUT2D eigenvalue weighted by molar-refractivity contribution is 6.33. The number of alkyl halides is 2. The average Bonchev–Trinajstić information content (AvgIpc) is 3.40. The monoisotopic (exact) mass is 553 g/mol. The summed E-state index contributed by atoms with van der Waals surface area (Å²) in [6.07, 6.45) is 3.72. The molecule has 9 nitrogen and oxygen atoms in total. The smallest absolute Gasteiger partial charge is 0.251 e. The molecule has 1 aromatic carbocycles. The summed E-state index contributed by atoms with van der Waals surface area (Å²) >= 11 is 6.61. The van der Waals surface area contributed by atoms with Crippen LogP contribution in [0.3, 0.4) is 0 Å². The Hall–Kier alpha value is -2.31. The van der Waals surface area contributed by atoms with Crippen molar-refractivity contribution < 1.29 is 27.8 Å². The van der Waals surface area contributed by atoms with E-state index in [1.165, 1.54) is 6.39 Å². The van der Waals surface area contributed by atoms with Gasteiger partial charge >= 0.3 is 0 Å². The SMILES string of the molecule is O=C(NC[C@H](O)CN1CCc2c(ccc(OCc3cnco3)c2Cl)C1)C1CCNC(NC2CC(F)(F)C2)C1. The number of piperidine rings is 1. The first-order chi connectivity index (χ1) is 18.3. The lowest BCUT2D eigenvalue weighted by atomic mass is 9.87. The van der Waals surface area contributed by atoms with E-state index in [2.05, 4.69) is 25.8 Å². The molecule has 1 saturated heterocycles. The third-order valence-electron chi connectivity index (χ3n) is 7.51. The number of aliphatic hydroxyl groups is 1. The van der Waals surface area contributed by atoms with Crippen LogP contribution in [-0.2, 0) is 24.4 Å². The highest BCUT2D eigenvalue weighted by atomic mass is 35.5. The molecule has 12 heteroatoms. The Bertz CT molecular complexity index is 1100. The zero-order chi connectivity index (χ0) is 26.7. The molecule has 1 aliphatic carbocycles. The zero-order valence-electron chi connectivity index (χ0n) is 21.1. The first kappa shape index (κ1) is 27.3. The molecule has 0 bridgehead atoms. The maximum Gasteiger partial charge on any atom is 0.251 e. The number of hydrogen-bond donors (Lipinski definition) is 4. The highest BCUT2D eigenvalue weighted by Crippen LogP contribution is 2.38. The van der Waals surface area contributed by atoms with E-state index in [0.29, 0.717) is 49.0 Å². The summed E-state index contributed by atoms with van der Waals surface area (Å²) in [5, 5.41) is 20.5. The molecule has 2 unspecified atom stereocenters. The van der Waals surface area contributed by atoms with Gasteiger partial charge in [-0.1, -0.05) is 17.7 Å². The minimum absolute atomic E-state index is 0.107. The zero-order valence-corrected chi connectivity index (χ0v) is 21.9. The number of aliphatic hydroxyl groups excluding tert-OH is 1. The van der Waals surface area contributed by atoms with Crippen LogP contribution < -0.4 is 20.7 Å². The fourth-order valence-corrected chi connectivity index (χ4v) is 5.78. The van der Waals surface area contributed by atoms with Gasteiger partial charge in [0.1, 0.15) is 12.4 Å². The third-order valence-corrected chi connectivity index (χ3v) is 7.93. The molecule has 3 atom stereocenters. The molecule has 0 spiro atoms. The molecule has 3 heterocycles. The number of nitrogens with one attached hydrogen (secondary N) is 3. The number of amides is 1. The van der Waals surface area contributed by atoms with Crippen LogP contribution >= 0.6 is 11.6 Å². The molecular weight excluding hydrogens is 520 g/mol. The fraction of sp³-hybridized carbons (Fsp3) is 0.615. The van der Waals surface area contributed by atoms with Crippen molar-refractivity contribution in [2.75, 3.05) is 26.2 Å². The molecule has 5 rings (SSSR count). The molecule has 208 valence electrons. The van der Waals surface area contributed by atoms with Gasteiger partial charge in [0, 0.05) is 51.0 Å². The van der Waals surface area contributed by atoms with E-state index in [9.17, 15) is 18.7 Å². The van der Waals surface area contributed by atoms with Crippen LogP contribution in [0.4, 0.5) is 8.78 Å². The molecule has 2 aromatic rings. The second-order valence-electron chi connectivity index (χ2n) is 10.5. The Morgan fingerprint density at radius 1 is 1.39 bits per heavy atom. The Kier molecular flexibility index (Phi) is 8.49. The Balaban J connectivity index is 1.04. The minimum Gasteiger partial charge on any atom is -0.484 e. The van der Waals surface area contributed by atoms with Crippen molar-refractivity contribution in [3.05, 3.63) is 46.6 Å². The topological polar surface area (TPSA) is 112 Å². The lowest BCUT2D eigenvalue weighted by Crippen LogP contribution is -2.58. The maximum absolute atomic E-state index is 13.1. The van der Waals surface area contributed by atoms with E-state index >= 15 is 0 Å². The molecule has 0 radical (unpaired) electrons. The summed E-state index contributed by atoms with van der Waals surface area (Å²) in [5.74, 6) is -1.68. The first-order valence-corrected chi connectivity index (χ1v) is 13.5. The van der Waals surface area contributed by atoms with Crippen molar-refractivity contribution in [1.29, 1.82) is 0 Å². The summed E-state index contributed by atoms with van der Waals surface area (Å²) in [6, 6.07) is 3.62. The molecule has 2 aliphatic heterocycles. The maximum atomic E-state index is 13.1. The number of β-amino-alcohol motifs (C(OH)–C–C–N with tert-alkyl or cyclic N) is 1. The number of nitrogens with zero attached hydrogens (tertiary/aromatic N) is 2. The van der Waals surface area contributed by atoms with Crippen molar-refractivity contribution in [3.63, 3.8) is 0 Å². The lowest BCUT2D eigenvalue weighted by molar-refractivity contribution is -0.127. The van der Waals surface area contributed by atoms with Crippen molar-refractivity contribution in [2.45, 2.75) is 69.5 Å². The second-order valence-corrected chi connectivity index (χ2v) is 10.9. The van der Waals surface area contributed by atoms with Crippen LogP contribution in [0.5, 0.6) is 5.75 Å². The van der Waals surface area contributed by atoms with E-state index in [1.54, 1.807) is 6.20 Å². The molecule has 1 saturated carbocycles.